The van der Waals surface area contributed by atoms with E-state index in [9.17, 15) is 0 Å². The standard InChI is InChI=1S/C20H26N6S/c1-4-21-19(24-15-20(2,3)17-7-5-12-27-17)23-14-16-8-10-22-18(13-16)26-11-6-9-25-26/h5-13H,4,14-15H2,1-3H3,(H2,21,23,24). The first-order chi connectivity index (χ1) is 13.1. The van der Waals surface area contributed by atoms with Crippen molar-refractivity contribution < 1.29 is 0 Å². The van der Waals surface area contributed by atoms with Crippen LogP contribution in [0.3, 0.4) is 0 Å². The van der Waals surface area contributed by atoms with Gasteiger partial charge in [-0.2, -0.15) is 5.10 Å². The zero-order valence-electron chi connectivity index (χ0n) is 16.0. The van der Waals surface area contributed by atoms with Crippen LogP contribution in [0.1, 0.15) is 31.2 Å². The van der Waals surface area contributed by atoms with E-state index >= 15 is 0 Å². The predicted molar refractivity (Wildman–Crippen MR) is 112 cm³/mol. The summed E-state index contributed by atoms with van der Waals surface area (Å²) in [6.45, 7) is 8.77. The minimum Gasteiger partial charge on any atom is -0.357 e. The third kappa shape index (κ3) is 5.17. The Morgan fingerprint density at radius 2 is 2.11 bits per heavy atom. The lowest BCUT2D eigenvalue weighted by molar-refractivity contribution is 0.518. The second-order valence-corrected chi connectivity index (χ2v) is 7.83. The van der Waals surface area contributed by atoms with E-state index in [1.54, 1.807) is 28.4 Å². The van der Waals surface area contributed by atoms with Gasteiger partial charge in [0.15, 0.2) is 11.8 Å². The first kappa shape index (κ1) is 19.1. The van der Waals surface area contributed by atoms with E-state index in [1.807, 2.05) is 24.4 Å². The highest BCUT2D eigenvalue weighted by molar-refractivity contribution is 7.10. The van der Waals surface area contributed by atoms with Crippen molar-refractivity contribution in [1.29, 1.82) is 0 Å². The Hall–Kier alpha value is -2.67. The molecule has 7 heteroatoms. The number of aromatic nitrogens is 3. The molecule has 142 valence electrons. The van der Waals surface area contributed by atoms with Gasteiger partial charge in [-0.3, -0.25) is 0 Å². The molecular formula is C20H26N6S. The quantitative estimate of drug-likeness (QED) is 0.486. The summed E-state index contributed by atoms with van der Waals surface area (Å²) in [7, 11) is 0. The Labute approximate surface area is 164 Å². The maximum absolute atomic E-state index is 4.73. The summed E-state index contributed by atoms with van der Waals surface area (Å²) in [5.41, 5.74) is 1.14. The van der Waals surface area contributed by atoms with Crippen LogP contribution >= 0.6 is 11.3 Å². The van der Waals surface area contributed by atoms with Crippen LogP contribution in [0.25, 0.3) is 5.82 Å². The van der Waals surface area contributed by atoms with Crippen LogP contribution in [0, 0.1) is 0 Å². The molecule has 0 aromatic carbocycles. The van der Waals surface area contributed by atoms with E-state index in [4.69, 9.17) is 4.99 Å². The van der Waals surface area contributed by atoms with Crippen LogP contribution in [-0.2, 0) is 12.0 Å². The number of nitrogens with one attached hydrogen (secondary N) is 2. The molecule has 6 nitrogen and oxygen atoms in total. The van der Waals surface area contributed by atoms with Crippen molar-refractivity contribution in [2.75, 3.05) is 13.1 Å². The fraction of sp³-hybridized carbons (Fsp3) is 0.350. The highest BCUT2D eigenvalue weighted by Gasteiger charge is 2.21. The first-order valence-corrected chi connectivity index (χ1v) is 9.97. The summed E-state index contributed by atoms with van der Waals surface area (Å²) >= 11 is 1.79. The molecule has 0 atom stereocenters. The molecule has 0 aliphatic rings. The van der Waals surface area contributed by atoms with Crippen molar-refractivity contribution >= 4 is 17.3 Å². The smallest absolute Gasteiger partial charge is 0.191 e. The van der Waals surface area contributed by atoms with Gasteiger partial charge in [-0.1, -0.05) is 19.9 Å². The van der Waals surface area contributed by atoms with E-state index in [0.717, 1.165) is 30.4 Å². The van der Waals surface area contributed by atoms with Crippen molar-refractivity contribution in [2.45, 2.75) is 32.7 Å². The molecule has 0 aliphatic heterocycles. The van der Waals surface area contributed by atoms with E-state index < -0.39 is 0 Å². The molecule has 3 aromatic heterocycles. The molecular weight excluding hydrogens is 356 g/mol. The van der Waals surface area contributed by atoms with Crippen molar-refractivity contribution in [3.63, 3.8) is 0 Å². The van der Waals surface area contributed by atoms with Crippen LogP contribution in [0.4, 0.5) is 0 Å². The minimum absolute atomic E-state index is 0.0499. The molecule has 0 fully saturated rings. The summed E-state index contributed by atoms with van der Waals surface area (Å²) in [6.07, 6.45) is 5.42. The van der Waals surface area contributed by atoms with Gasteiger partial charge >= 0.3 is 0 Å². The third-order valence-corrected chi connectivity index (χ3v) is 5.43. The normalized spacial score (nSPS) is 12.2. The van der Waals surface area contributed by atoms with Crippen LogP contribution in [0.2, 0.25) is 0 Å². The third-order valence-electron chi connectivity index (χ3n) is 4.20. The number of thiophene rings is 1. The first-order valence-electron chi connectivity index (χ1n) is 9.09. The highest BCUT2D eigenvalue weighted by Crippen LogP contribution is 2.26. The van der Waals surface area contributed by atoms with Crippen molar-refractivity contribution in [1.82, 2.24) is 25.4 Å². The van der Waals surface area contributed by atoms with Crippen molar-refractivity contribution in [3.05, 3.63) is 64.7 Å². The number of hydrogen-bond acceptors (Lipinski definition) is 4. The zero-order chi connectivity index (χ0) is 19.1. The van der Waals surface area contributed by atoms with Gasteiger partial charge in [0.25, 0.3) is 0 Å². The molecule has 3 heterocycles. The van der Waals surface area contributed by atoms with E-state index in [-0.39, 0.29) is 5.41 Å². The van der Waals surface area contributed by atoms with E-state index in [0.29, 0.717) is 6.54 Å². The van der Waals surface area contributed by atoms with Gasteiger partial charge < -0.3 is 10.6 Å². The van der Waals surface area contributed by atoms with Crippen LogP contribution in [-0.4, -0.2) is 33.8 Å². The lowest BCUT2D eigenvalue weighted by Crippen LogP contribution is -2.43. The Kier molecular flexibility index (Phi) is 6.24. The maximum Gasteiger partial charge on any atom is 0.191 e. The molecule has 0 saturated carbocycles. The number of nitrogens with zero attached hydrogens (tertiary/aromatic N) is 4. The number of hydrogen-bond donors (Lipinski definition) is 2. The van der Waals surface area contributed by atoms with Gasteiger partial charge in [-0.25, -0.2) is 14.7 Å². The molecule has 0 aliphatic carbocycles. The summed E-state index contributed by atoms with van der Waals surface area (Å²) in [5, 5.41) is 13.1. The average molecular weight is 383 g/mol. The zero-order valence-corrected chi connectivity index (χ0v) is 16.8. The topological polar surface area (TPSA) is 67.1 Å². The Morgan fingerprint density at radius 1 is 1.22 bits per heavy atom. The van der Waals surface area contributed by atoms with Gasteiger partial charge in [0.05, 0.1) is 6.54 Å². The highest BCUT2D eigenvalue weighted by atomic mass is 32.1. The van der Waals surface area contributed by atoms with Gasteiger partial charge in [0, 0.05) is 42.0 Å². The molecule has 0 spiro atoms. The van der Waals surface area contributed by atoms with Gasteiger partial charge in [0.2, 0.25) is 0 Å². The molecule has 0 saturated heterocycles. The molecule has 3 aromatic rings. The molecule has 0 bridgehead atoms. The monoisotopic (exact) mass is 382 g/mol. The van der Waals surface area contributed by atoms with E-state index in [1.165, 1.54) is 4.88 Å². The largest absolute Gasteiger partial charge is 0.357 e. The van der Waals surface area contributed by atoms with Gasteiger partial charge in [-0.15, -0.1) is 11.3 Å². The second kappa shape index (κ2) is 8.81. The van der Waals surface area contributed by atoms with Crippen molar-refractivity contribution in [2.24, 2.45) is 4.99 Å². The maximum atomic E-state index is 4.73. The molecule has 3 rings (SSSR count). The lowest BCUT2D eigenvalue weighted by atomic mass is 9.91. The Bertz CT molecular complexity index is 853. The van der Waals surface area contributed by atoms with Crippen LogP contribution in [0.15, 0.2) is 59.3 Å². The molecule has 27 heavy (non-hydrogen) atoms. The van der Waals surface area contributed by atoms with Gasteiger partial charge in [-0.05, 0) is 42.1 Å². The van der Waals surface area contributed by atoms with Gasteiger partial charge in [0.1, 0.15) is 0 Å². The van der Waals surface area contributed by atoms with Crippen LogP contribution in [0.5, 0.6) is 0 Å². The summed E-state index contributed by atoms with van der Waals surface area (Å²) in [5.74, 6) is 1.61. The molecule has 0 unspecified atom stereocenters. The second-order valence-electron chi connectivity index (χ2n) is 6.88. The number of rotatable bonds is 7. The average Bonchev–Trinajstić information content (AvgIpc) is 3.38. The fourth-order valence-corrected chi connectivity index (χ4v) is 3.51. The molecule has 0 amide bonds. The number of guanidine groups is 1. The Balaban J connectivity index is 1.66. The SMILES string of the molecule is CCNC(=NCc1ccnc(-n2cccn2)c1)NCC(C)(C)c1cccs1. The number of pyridine rings is 1. The minimum atomic E-state index is 0.0499. The fourth-order valence-electron chi connectivity index (χ4n) is 2.66. The number of aliphatic imine (C=N–C) groups is 1. The lowest BCUT2D eigenvalue weighted by Gasteiger charge is -2.25. The molecule has 2 N–H and O–H groups in total. The van der Waals surface area contributed by atoms with Crippen LogP contribution < -0.4 is 10.6 Å². The van der Waals surface area contributed by atoms with Crippen molar-refractivity contribution in [3.8, 4) is 5.82 Å². The summed E-state index contributed by atoms with van der Waals surface area (Å²) in [4.78, 5) is 10.5. The molecule has 0 radical (unpaired) electrons. The summed E-state index contributed by atoms with van der Waals surface area (Å²) < 4.78 is 1.75. The predicted octanol–water partition coefficient (Wildman–Crippen LogP) is 3.36. The van der Waals surface area contributed by atoms with E-state index in [2.05, 4.69) is 59.0 Å². The Morgan fingerprint density at radius 3 is 2.81 bits per heavy atom. The summed E-state index contributed by atoms with van der Waals surface area (Å²) in [6, 6.07) is 10.2.